The maximum absolute atomic E-state index is 5.53. The highest BCUT2D eigenvalue weighted by Crippen LogP contribution is 2.19. The summed E-state index contributed by atoms with van der Waals surface area (Å²) in [5.74, 6) is 0.817. The Labute approximate surface area is 84.9 Å². The summed E-state index contributed by atoms with van der Waals surface area (Å²) in [4.78, 5) is 0. The Morgan fingerprint density at radius 3 is 2.86 bits per heavy atom. The third-order valence-electron chi connectivity index (χ3n) is 2.14. The van der Waals surface area contributed by atoms with E-state index in [0.717, 1.165) is 25.3 Å². The van der Waals surface area contributed by atoms with Crippen LogP contribution in [-0.2, 0) is 0 Å². The Morgan fingerprint density at radius 1 is 1.50 bits per heavy atom. The molecule has 0 aliphatic heterocycles. The maximum atomic E-state index is 5.53. The fourth-order valence-corrected chi connectivity index (χ4v) is 1.20. The third kappa shape index (κ3) is 3.70. The second kappa shape index (κ2) is 4.91. The minimum atomic E-state index is 0.201. The van der Waals surface area contributed by atoms with Crippen LogP contribution in [0.3, 0.4) is 0 Å². The first-order valence-corrected chi connectivity index (χ1v) is 4.86. The molecule has 0 saturated heterocycles. The van der Waals surface area contributed by atoms with Gasteiger partial charge in [0.15, 0.2) is 0 Å². The lowest BCUT2D eigenvalue weighted by molar-refractivity contribution is 0.365. The molecule has 0 bridgehead atoms. The molecule has 0 saturated carbocycles. The molecule has 0 atom stereocenters. The number of nitrogens with two attached hydrogens (primary N) is 1. The standard InChI is InChI=1S/C10H18N4/c1-10(2,5-6-11)8-12-9-4-3-7-13-14-9/h3-4,7H,5-6,8,11H2,1-2H3,(H,12,14). The van der Waals surface area contributed by atoms with Crippen molar-refractivity contribution < 1.29 is 0 Å². The molecule has 4 heteroatoms. The van der Waals surface area contributed by atoms with E-state index in [1.807, 2.05) is 12.1 Å². The number of rotatable bonds is 5. The summed E-state index contributed by atoms with van der Waals surface area (Å²) in [7, 11) is 0. The molecule has 0 fully saturated rings. The van der Waals surface area contributed by atoms with Crippen molar-refractivity contribution in [1.82, 2.24) is 10.2 Å². The lowest BCUT2D eigenvalue weighted by Crippen LogP contribution is -2.26. The first-order chi connectivity index (χ1) is 6.64. The normalized spacial score (nSPS) is 11.4. The molecule has 14 heavy (non-hydrogen) atoms. The van der Waals surface area contributed by atoms with Crippen LogP contribution in [-0.4, -0.2) is 23.3 Å². The van der Waals surface area contributed by atoms with E-state index in [1.165, 1.54) is 0 Å². The van der Waals surface area contributed by atoms with Crippen molar-refractivity contribution in [2.45, 2.75) is 20.3 Å². The van der Waals surface area contributed by atoms with Crippen LogP contribution >= 0.6 is 0 Å². The molecule has 3 N–H and O–H groups in total. The number of nitrogens with one attached hydrogen (secondary N) is 1. The van der Waals surface area contributed by atoms with Crippen LogP contribution in [0.2, 0.25) is 0 Å². The molecule has 0 aliphatic rings. The Kier molecular flexibility index (Phi) is 3.83. The topological polar surface area (TPSA) is 63.8 Å². The van der Waals surface area contributed by atoms with Gasteiger partial charge in [0.2, 0.25) is 0 Å². The van der Waals surface area contributed by atoms with Gasteiger partial charge < -0.3 is 11.1 Å². The molecule has 0 aliphatic carbocycles. The van der Waals surface area contributed by atoms with Crippen LogP contribution in [0.15, 0.2) is 18.3 Å². The number of anilines is 1. The molecule has 1 heterocycles. The zero-order valence-electron chi connectivity index (χ0n) is 8.83. The van der Waals surface area contributed by atoms with E-state index >= 15 is 0 Å². The van der Waals surface area contributed by atoms with Crippen molar-refractivity contribution in [2.75, 3.05) is 18.4 Å². The highest BCUT2D eigenvalue weighted by Gasteiger charge is 2.16. The van der Waals surface area contributed by atoms with Gasteiger partial charge in [0.25, 0.3) is 0 Å². The van der Waals surface area contributed by atoms with Crippen molar-refractivity contribution in [2.24, 2.45) is 11.1 Å². The molecule has 78 valence electrons. The van der Waals surface area contributed by atoms with Crippen molar-refractivity contribution in [3.63, 3.8) is 0 Å². The van der Waals surface area contributed by atoms with E-state index in [0.29, 0.717) is 0 Å². The second-order valence-corrected chi connectivity index (χ2v) is 4.17. The summed E-state index contributed by atoms with van der Waals surface area (Å²) in [5.41, 5.74) is 5.73. The molecule has 1 aromatic heterocycles. The second-order valence-electron chi connectivity index (χ2n) is 4.17. The Bertz CT molecular complexity index is 258. The molecule has 0 spiro atoms. The zero-order chi connectivity index (χ0) is 10.4. The summed E-state index contributed by atoms with van der Waals surface area (Å²) in [6.07, 6.45) is 2.66. The van der Waals surface area contributed by atoms with Gasteiger partial charge in [-0.15, -0.1) is 5.10 Å². The van der Waals surface area contributed by atoms with E-state index in [1.54, 1.807) is 6.20 Å². The van der Waals surface area contributed by atoms with Gasteiger partial charge in [-0.1, -0.05) is 13.8 Å². The number of nitrogens with zero attached hydrogens (tertiary/aromatic N) is 2. The first-order valence-electron chi connectivity index (χ1n) is 4.86. The van der Waals surface area contributed by atoms with Crippen molar-refractivity contribution in [3.8, 4) is 0 Å². The molecular weight excluding hydrogens is 176 g/mol. The highest BCUT2D eigenvalue weighted by atomic mass is 15.2. The fourth-order valence-electron chi connectivity index (χ4n) is 1.20. The van der Waals surface area contributed by atoms with Crippen molar-refractivity contribution >= 4 is 5.82 Å². The summed E-state index contributed by atoms with van der Waals surface area (Å²) in [5, 5.41) is 11.0. The van der Waals surface area contributed by atoms with Gasteiger partial charge in [0.1, 0.15) is 5.82 Å². The Balaban J connectivity index is 2.40. The van der Waals surface area contributed by atoms with Crippen LogP contribution < -0.4 is 11.1 Å². The van der Waals surface area contributed by atoms with Crippen molar-refractivity contribution in [3.05, 3.63) is 18.3 Å². The molecule has 1 rings (SSSR count). The lowest BCUT2D eigenvalue weighted by atomic mass is 9.89. The largest absolute Gasteiger partial charge is 0.368 e. The maximum Gasteiger partial charge on any atom is 0.148 e. The predicted octanol–water partition coefficient (Wildman–Crippen LogP) is 1.26. The Morgan fingerprint density at radius 2 is 2.29 bits per heavy atom. The predicted molar refractivity (Wildman–Crippen MR) is 58.0 cm³/mol. The number of hydrogen-bond acceptors (Lipinski definition) is 4. The molecule has 4 nitrogen and oxygen atoms in total. The van der Waals surface area contributed by atoms with Crippen LogP contribution in [0.25, 0.3) is 0 Å². The quantitative estimate of drug-likeness (QED) is 0.740. The number of aromatic nitrogens is 2. The van der Waals surface area contributed by atoms with Gasteiger partial charge in [0.05, 0.1) is 0 Å². The molecule has 0 aromatic carbocycles. The molecule has 0 amide bonds. The molecule has 1 aromatic rings. The lowest BCUT2D eigenvalue weighted by Gasteiger charge is -2.24. The smallest absolute Gasteiger partial charge is 0.148 e. The molecule has 0 radical (unpaired) electrons. The monoisotopic (exact) mass is 194 g/mol. The number of hydrogen-bond donors (Lipinski definition) is 2. The highest BCUT2D eigenvalue weighted by molar-refractivity contribution is 5.31. The summed E-state index contributed by atoms with van der Waals surface area (Å²) in [6, 6.07) is 3.77. The van der Waals surface area contributed by atoms with Gasteiger partial charge in [-0.2, -0.15) is 5.10 Å². The molecule has 0 unspecified atom stereocenters. The SMILES string of the molecule is CC(C)(CCN)CNc1cccnn1. The average molecular weight is 194 g/mol. The van der Waals surface area contributed by atoms with Gasteiger partial charge in [-0.25, -0.2) is 0 Å². The van der Waals surface area contributed by atoms with E-state index in [9.17, 15) is 0 Å². The fraction of sp³-hybridized carbons (Fsp3) is 0.600. The summed E-state index contributed by atoms with van der Waals surface area (Å²) < 4.78 is 0. The van der Waals surface area contributed by atoms with Gasteiger partial charge in [0, 0.05) is 12.7 Å². The minimum absolute atomic E-state index is 0.201. The van der Waals surface area contributed by atoms with Crippen LogP contribution in [0.1, 0.15) is 20.3 Å². The van der Waals surface area contributed by atoms with Crippen LogP contribution in [0, 0.1) is 5.41 Å². The van der Waals surface area contributed by atoms with Gasteiger partial charge >= 0.3 is 0 Å². The first kappa shape index (κ1) is 10.9. The van der Waals surface area contributed by atoms with Gasteiger partial charge in [-0.05, 0) is 30.5 Å². The average Bonchev–Trinajstić information content (AvgIpc) is 2.17. The van der Waals surface area contributed by atoms with Crippen LogP contribution in [0.4, 0.5) is 5.82 Å². The zero-order valence-corrected chi connectivity index (χ0v) is 8.83. The van der Waals surface area contributed by atoms with E-state index < -0.39 is 0 Å². The summed E-state index contributed by atoms with van der Waals surface area (Å²) in [6.45, 7) is 5.95. The minimum Gasteiger partial charge on any atom is -0.368 e. The van der Waals surface area contributed by atoms with Crippen LogP contribution in [0.5, 0.6) is 0 Å². The third-order valence-corrected chi connectivity index (χ3v) is 2.14. The van der Waals surface area contributed by atoms with E-state index in [-0.39, 0.29) is 5.41 Å². The van der Waals surface area contributed by atoms with Gasteiger partial charge in [-0.3, -0.25) is 0 Å². The molecular formula is C10H18N4. The van der Waals surface area contributed by atoms with E-state index in [2.05, 4.69) is 29.4 Å². The Hall–Kier alpha value is -1.16. The van der Waals surface area contributed by atoms with Crippen molar-refractivity contribution in [1.29, 1.82) is 0 Å². The summed E-state index contributed by atoms with van der Waals surface area (Å²) >= 11 is 0. The van der Waals surface area contributed by atoms with E-state index in [4.69, 9.17) is 5.73 Å².